The van der Waals surface area contributed by atoms with Crippen molar-refractivity contribution in [3.8, 4) is 16.9 Å². The lowest BCUT2D eigenvalue weighted by Gasteiger charge is -2.16. The summed E-state index contributed by atoms with van der Waals surface area (Å²) in [5.74, 6) is 0.0441. The van der Waals surface area contributed by atoms with Crippen molar-refractivity contribution >= 4 is 51.3 Å². The van der Waals surface area contributed by atoms with Crippen LogP contribution in [-0.4, -0.2) is 29.5 Å². The minimum absolute atomic E-state index is 0.0663. The first kappa shape index (κ1) is 23.6. The van der Waals surface area contributed by atoms with Crippen LogP contribution in [0.15, 0.2) is 60.8 Å². The molecule has 1 fully saturated rings. The number of Topliss-reactive ketones (excluding diaryl/α,β-unsaturated/α-hetero) is 1. The summed E-state index contributed by atoms with van der Waals surface area (Å²) in [4.78, 5) is 17.8. The summed E-state index contributed by atoms with van der Waals surface area (Å²) < 4.78 is 0. The van der Waals surface area contributed by atoms with Gasteiger partial charge < -0.3 is 15.7 Å². The topological polar surface area (TPSA) is 74.2 Å². The Labute approximate surface area is 214 Å². The minimum atomic E-state index is -0.141. The molecule has 178 valence electrons. The van der Waals surface area contributed by atoms with Gasteiger partial charge in [0.2, 0.25) is 0 Å². The standard InChI is InChI=1S/C28H25Cl2N3O2/c1-31-11-10-16-2-7-20(8-3-16)33-26-21-12-18(19-13-23(29)28(35)24(30)14-19)6-9-25(21)32-15-22(26)27(34)17-4-5-17/h2-3,6-9,12-15,17,31,35H,4-5,10-11H2,1H3,(H,32,33). The molecule has 1 aliphatic rings. The number of aromatic hydroxyl groups is 1. The van der Waals surface area contributed by atoms with Gasteiger partial charge in [-0.1, -0.05) is 41.4 Å². The molecule has 0 bridgehead atoms. The molecule has 3 N–H and O–H groups in total. The monoisotopic (exact) mass is 505 g/mol. The molecule has 3 aromatic carbocycles. The summed E-state index contributed by atoms with van der Waals surface area (Å²) in [5.41, 5.74) is 5.86. The third kappa shape index (κ3) is 4.98. The highest BCUT2D eigenvalue weighted by Gasteiger charge is 2.32. The highest BCUT2D eigenvalue weighted by molar-refractivity contribution is 6.37. The molecular weight excluding hydrogens is 481 g/mol. The van der Waals surface area contributed by atoms with Gasteiger partial charge in [0.1, 0.15) is 0 Å². The molecule has 5 nitrogen and oxygen atoms in total. The van der Waals surface area contributed by atoms with E-state index in [1.807, 2.05) is 37.4 Å². The second-order valence-corrected chi connectivity index (χ2v) is 9.70. The molecule has 0 aliphatic heterocycles. The van der Waals surface area contributed by atoms with Crippen molar-refractivity contribution in [2.75, 3.05) is 18.9 Å². The molecule has 5 rings (SSSR count). The number of nitrogens with one attached hydrogen (secondary N) is 2. The van der Waals surface area contributed by atoms with Gasteiger partial charge in [-0.25, -0.2) is 0 Å². The van der Waals surface area contributed by atoms with E-state index in [2.05, 4.69) is 27.8 Å². The van der Waals surface area contributed by atoms with E-state index in [1.54, 1.807) is 18.3 Å². The predicted molar refractivity (Wildman–Crippen MR) is 143 cm³/mol. The first-order valence-corrected chi connectivity index (χ1v) is 12.4. The SMILES string of the molecule is CNCCc1ccc(Nc2c(C(=O)C3CC3)cnc3ccc(-c4cc(Cl)c(O)c(Cl)c4)cc23)cc1. The van der Waals surface area contributed by atoms with Crippen molar-refractivity contribution in [1.29, 1.82) is 0 Å². The van der Waals surface area contributed by atoms with Crippen molar-refractivity contribution in [1.82, 2.24) is 10.3 Å². The van der Waals surface area contributed by atoms with Gasteiger partial charge in [0, 0.05) is 23.2 Å². The number of nitrogens with zero attached hydrogens (tertiary/aromatic N) is 1. The fraction of sp³-hybridized carbons (Fsp3) is 0.214. The number of carbonyl (C=O) groups is 1. The van der Waals surface area contributed by atoms with Crippen LogP contribution in [-0.2, 0) is 6.42 Å². The lowest BCUT2D eigenvalue weighted by atomic mass is 9.98. The van der Waals surface area contributed by atoms with Crippen LogP contribution in [0, 0.1) is 5.92 Å². The summed E-state index contributed by atoms with van der Waals surface area (Å²) >= 11 is 12.3. The van der Waals surface area contributed by atoms with Gasteiger partial charge in [0.15, 0.2) is 11.5 Å². The molecule has 1 heterocycles. The Bertz CT molecular complexity index is 1390. The Morgan fingerprint density at radius 1 is 1.03 bits per heavy atom. The maximum atomic E-state index is 13.2. The van der Waals surface area contributed by atoms with E-state index < -0.39 is 0 Å². The van der Waals surface area contributed by atoms with E-state index >= 15 is 0 Å². The van der Waals surface area contributed by atoms with Crippen LogP contribution in [0.4, 0.5) is 11.4 Å². The number of halogens is 2. The number of pyridine rings is 1. The smallest absolute Gasteiger partial charge is 0.169 e. The highest BCUT2D eigenvalue weighted by Crippen LogP contribution is 2.40. The number of anilines is 2. The lowest BCUT2D eigenvalue weighted by Crippen LogP contribution is -2.10. The van der Waals surface area contributed by atoms with E-state index in [0.717, 1.165) is 59.2 Å². The normalized spacial score (nSPS) is 13.2. The Hall–Kier alpha value is -3.12. The number of benzene rings is 3. The molecule has 0 atom stereocenters. The second-order valence-electron chi connectivity index (χ2n) is 8.88. The molecule has 0 saturated heterocycles. The van der Waals surface area contributed by atoms with Gasteiger partial charge >= 0.3 is 0 Å². The maximum Gasteiger partial charge on any atom is 0.169 e. The van der Waals surface area contributed by atoms with Gasteiger partial charge in [-0.05, 0) is 85.9 Å². The Morgan fingerprint density at radius 3 is 2.40 bits per heavy atom. The number of fused-ring (bicyclic) bond motifs is 1. The number of aromatic nitrogens is 1. The van der Waals surface area contributed by atoms with Gasteiger partial charge in [0.05, 0.1) is 26.8 Å². The van der Waals surface area contributed by atoms with Gasteiger partial charge in [-0.15, -0.1) is 0 Å². The van der Waals surface area contributed by atoms with Gasteiger partial charge in [-0.3, -0.25) is 9.78 Å². The summed E-state index contributed by atoms with van der Waals surface area (Å²) in [6.07, 6.45) is 4.46. The van der Waals surface area contributed by atoms with Crippen LogP contribution in [0.1, 0.15) is 28.8 Å². The fourth-order valence-electron chi connectivity index (χ4n) is 4.16. The molecule has 7 heteroatoms. The van der Waals surface area contributed by atoms with Crippen molar-refractivity contribution in [2.45, 2.75) is 19.3 Å². The first-order chi connectivity index (χ1) is 16.9. The Balaban J connectivity index is 1.60. The van der Waals surface area contributed by atoms with Crippen LogP contribution in [0.2, 0.25) is 10.0 Å². The number of ketones is 1. The van der Waals surface area contributed by atoms with Gasteiger partial charge in [0.25, 0.3) is 0 Å². The summed E-state index contributed by atoms with van der Waals surface area (Å²) in [6.45, 7) is 0.913. The zero-order valence-electron chi connectivity index (χ0n) is 19.2. The molecule has 0 radical (unpaired) electrons. The molecule has 1 aromatic heterocycles. The number of phenolic OH excluding ortho intramolecular Hbond substituents is 1. The molecule has 0 unspecified atom stereocenters. The largest absolute Gasteiger partial charge is 0.505 e. The number of hydrogen-bond donors (Lipinski definition) is 3. The van der Waals surface area contributed by atoms with Crippen LogP contribution in [0.25, 0.3) is 22.0 Å². The van der Waals surface area contributed by atoms with Crippen LogP contribution in [0.3, 0.4) is 0 Å². The van der Waals surface area contributed by atoms with Gasteiger partial charge in [-0.2, -0.15) is 0 Å². The first-order valence-electron chi connectivity index (χ1n) is 11.6. The maximum absolute atomic E-state index is 13.2. The number of phenols is 1. The van der Waals surface area contributed by atoms with Crippen LogP contribution in [0.5, 0.6) is 5.75 Å². The lowest BCUT2D eigenvalue weighted by molar-refractivity contribution is 0.0968. The summed E-state index contributed by atoms with van der Waals surface area (Å²) in [7, 11) is 1.94. The zero-order valence-corrected chi connectivity index (χ0v) is 20.7. The quantitative estimate of drug-likeness (QED) is 0.224. The molecule has 4 aromatic rings. The van der Waals surface area contributed by atoms with Crippen LogP contribution >= 0.6 is 23.2 Å². The molecular formula is C28H25Cl2N3O2. The van der Waals surface area contributed by atoms with Crippen molar-refractivity contribution < 1.29 is 9.90 Å². The van der Waals surface area contributed by atoms with E-state index in [9.17, 15) is 9.90 Å². The fourth-order valence-corrected chi connectivity index (χ4v) is 4.65. The third-order valence-corrected chi connectivity index (χ3v) is 6.89. The summed E-state index contributed by atoms with van der Waals surface area (Å²) in [5, 5.41) is 17.8. The van der Waals surface area contributed by atoms with Crippen molar-refractivity contribution in [3.63, 3.8) is 0 Å². The third-order valence-electron chi connectivity index (χ3n) is 6.32. The number of rotatable bonds is 8. The molecule has 35 heavy (non-hydrogen) atoms. The van der Waals surface area contributed by atoms with E-state index in [-0.39, 0.29) is 27.5 Å². The minimum Gasteiger partial charge on any atom is -0.505 e. The average Bonchev–Trinajstić information content (AvgIpc) is 3.72. The van der Waals surface area contributed by atoms with E-state index in [4.69, 9.17) is 23.2 Å². The van der Waals surface area contributed by atoms with E-state index in [1.165, 1.54) is 5.56 Å². The molecule has 0 amide bonds. The Kier molecular flexibility index (Phi) is 6.65. The zero-order chi connectivity index (χ0) is 24.5. The highest BCUT2D eigenvalue weighted by atomic mass is 35.5. The Morgan fingerprint density at radius 2 is 1.74 bits per heavy atom. The second kappa shape index (κ2) is 9.86. The molecule has 1 saturated carbocycles. The molecule has 1 aliphatic carbocycles. The van der Waals surface area contributed by atoms with E-state index in [0.29, 0.717) is 5.56 Å². The van der Waals surface area contributed by atoms with Crippen LogP contribution < -0.4 is 10.6 Å². The number of likely N-dealkylation sites (N-methyl/N-ethyl adjacent to an activating group) is 1. The average molecular weight is 506 g/mol. The number of carbonyl (C=O) groups excluding carboxylic acids is 1. The number of hydrogen-bond acceptors (Lipinski definition) is 5. The van der Waals surface area contributed by atoms with Crippen molar-refractivity contribution in [3.05, 3.63) is 82.0 Å². The summed E-state index contributed by atoms with van der Waals surface area (Å²) in [6, 6.07) is 17.4. The predicted octanol–water partition coefficient (Wildman–Crippen LogP) is 7.01. The molecule has 0 spiro atoms. The van der Waals surface area contributed by atoms with Crippen molar-refractivity contribution in [2.24, 2.45) is 5.92 Å².